The van der Waals surface area contributed by atoms with Gasteiger partial charge >= 0.3 is 17.9 Å². The van der Waals surface area contributed by atoms with Crippen LogP contribution in [0.25, 0.3) is 0 Å². The molecule has 1 aromatic rings. The lowest BCUT2D eigenvalue weighted by Crippen LogP contribution is -2.37. The first-order chi connectivity index (χ1) is 15.9. The first-order valence-electron chi connectivity index (χ1n) is 11.2. The summed E-state index contributed by atoms with van der Waals surface area (Å²) >= 11 is 0. The highest BCUT2D eigenvalue weighted by molar-refractivity contribution is 5.82. The molecule has 0 unspecified atom stereocenters. The standard InChI is InChI=1S/C21H27N5O7/c1-10(27)30-16-14-15(17(21(29)33-14)31-11(2)28)32-20(16)26-9-24-13-18(22-8-23-19(13)26)25-12-6-4-3-5-7-12/h8-9,12,14-18,20,25H,3-7H2,1-2H3,(H,22,23)/t14-,15+,16-,17+,18-,20+/m1/s1. The number of hydrogen-bond acceptors (Lipinski definition) is 11. The number of nitrogens with one attached hydrogen (secondary N) is 2. The summed E-state index contributed by atoms with van der Waals surface area (Å²) in [7, 11) is 0. The zero-order valence-electron chi connectivity index (χ0n) is 18.4. The van der Waals surface area contributed by atoms with Crippen molar-refractivity contribution in [2.24, 2.45) is 4.99 Å². The van der Waals surface area contributed by atoms with Crippen LogP contribution in [0.4, 0.5) is 5.82 Å². The molecule has 0 spiro atoms. The third-order valence-electron chi connectivity index (χ3n) is 6.38. The van der Waals surface area contributed by atoms with Gasteiger partial charge in [0.15, 0.2) is 18.4 Å². The van der Waals surface area contributed by atoms with Gasteiger partial charge in [0.05, 0.1) is 12.7 Å². The fourth-order valence-electron chi connectivity index (χ4n) is 4.99. The normalized spacial score (nSPS) is 33.1. The number of anilines is 1. The molecule has 33 heavy (non-hydrogen) atoms. The average Bonchev–Trinajstić information content (AvgIpc) is 3.43. The number of aromatic nitrogens is 2. The molecular weight excluding hydrogens is 434 g/mol. The Bertz CT molecular complexity index is 972. The van der Waals surface area contributed by atoms with E-state index in [2.05, 4.69) is 20.6 Å². The maximum absolute atomic E-state index is 12.2. The highest BCUT2D eigenvalue weighted by Gasteiger charge is 2.61. The van der Waals surface area contributed by atoms with E-state index in [1.165, 1.54) is 33.1 Å². The first-order valence-corrected chi connectivity index (χ1v) is 11.2. The van der Waals surface area contributed by atoms with Gasteiger partial charge in [-0.05, 0) is 12.8 Å². The molecule has 5 rings (SSSR count). The van der Waals surface area contributed by atoms with Crippen LogP contribution >= 0.6 is 0 Å². The molecule has 3 fully saturated rings. The van der Waals surface area contributed by atoms with Crippen LogP contribution in [0, 0.1) is 0 Å². The fourth-order valence-corrected chi connectivity index (χ4v) is 4.99. The lowest BCUT2D eigenvalue weighted by Gasteiger charge is -2.29. The van der Waals surface area contributed by atoms with Gasteiger partial charge in [0, 0.05) is 19.9 Å². The van der Waals surface area contributed by atoms with Crippen LogP contribution in [0.15, 0.2) is 11.3 Å². The number of rotatable bonds is 5. The number of ether oxygens (including phenoxy) is 4. The van der Waals surface area contributed by atoms with Gasteiger partial charge in [-0.15, -0.1) is 0 Å². The van der Waals surface area contributed by atoms with Gasteiger partial charge in [0.1, 0.15) is 23.8 Å². The molecule has 12 heteroatoms. The van der Waals surface area contributed by atoms with Gasteiger partial charge in [0.2, 0.25) is 6.10 Å². The van der Waals surface area contributed by atoms with Gasteiger partial charge < -0.3 is 24.3 Å². The molecule has 4 heterocycles. The molecule has 0 bridgehead atoms. The lowest BCUT2D eigenvalue weighted by molar-refractivity contribution is -0.174. The van der Waals surface area contributed by atoms with Crippen molar-refractivity contribution >= 4 is 30.1 Å². The molecule has 12 nitrogen and oxygen atoms in total. The number of hydrogen-bond donors (Lipinski definition) is 2. The smallest absolute Gasteiger partial charge is 0.350 e. The zero-order valence-corrected chi connectivity index (χ0v) is 18.4. The van der Waals surface area contributed by atoms with Gasteiger partial charge in [-0.1, -0.05) is 19.3 Å². The molecular formula is C21H27N5O7. The summed E-state index contributed by atoms with van der Waals surface area (Å²) in [5.41, 5.74) is 0.693. The first kappa shape index (κ1) is 21.8. The number of carbonyl (C=O) groups excluding carboxylic acids is 3. The summed E-state index contributed by atoms with van der Waals surface area (Å²) in [6.07, 6.45) is 3.85. The van der Waals surface area contributed by atoms with Crippen molar-refractivity contribution in [3.05, 3.63) is 12.0 Å². The summed E-state index contributed by atoms with van der Waals surface area (Å²) in [6.45, 7) is 2.47. The van der Waals surface area contributed by atoms with Gasteiger partial charge in [-0.2, -0.15) is 0 Å². The second kappa shape index (κ2) is 8.75. The Hall–Kier alpha value is -2.99. The Morgan fingerprint density at radius 3 is 2.64 bits per heavy atom. The van der Waals surface area contributed by atoms with Crippen LogP contribution in [-0.2, 0) is 33.3 Å². The fraction of sp³-hybridized carbons (Fsp3) is 0.667. The Kier molecular flexibility index (Phi) is 5.79. The molecule has 6 atom stereocenters. The van der Waals surface area contributed by atoms with E-state index in [1.54, 1.807) is 17.2 Å². The van der Waals surface area contributed by atoms with E-state index in [9.17, 15) is 14.4 Å². The SMILES string of the molecule is CC(=O)O[C@@H]1[C@@H]2OC(=O)[C@@H](OC(C)=O)[C@H]2O[C@@H]1n1cnc2c1NC=N[C@@H]2NC1CCCCC1. The van der Waals surface area contributed by atoms with Crippen LogP contribution in [-0.4, -0.2) is 64.3 Å². The van der Waals surface area contributed by atoms with Crippen molar-refractivity contribution in [3.8, 4) is 0 Å². The van der Waals surface area contributed by atoms with Gasteiger partial charge in [-0.3, -0.25) is 19.5 Å². The minimum atomic E-state index is -1.23. The highest BCUT2D eigenvalue weighted by Crippen LogP contribution is 2.42. The van der Waals surface area contributed by atoms with E-state index < -0.39 is 48.6 Å². The van der Waals surface area contributed by atoms with Crippen LogP contribution in [0.1, 0.15) is 64.0 Å². The molecule has 2 saturated heterocycles. The predicted molar refractivity (Wildman–Crippen MR) is 112 cm³/mol. The van der Waals surface area contributed by atoms with Crippen molar-refractivity contribution in [2.45, 2.75) is 88.8 Å². The number of imidazole rings is 1. The molecule has 0 aromatic carbocycles. The van der Waals surface area contributed by atoms with Gasteiger partial charge in [-0.25, -0.2) is 14.8 Å². The molecule has 4 aliphatic rings. The molecule has 178 valence electrons. The van der Waals surface area contributed by atoms with Crippen molar-refractivity contribution in [1.82, 2.24) is 14.9 Å². The third-order valence-corrected chi connectivity index (χ3v) is 6.38. The summed E-state index contributed by atoms with van der Waals surface area (Å²) in [4.78, 5) is 44.6. The summed E-state index contributed by atoms with van der Waals surface area (Å²) < 4.78 is 23.8. The van der Waals surface area contributed by atoms with E-state index >= 15 is 0 Å². The molecule has 0 radical (unpaired) electrons. The maximum atomic E-state index is 12.2. The summed E-state index contributed by atoms with van der Waals surface area (Å²) in [5, 5.41) is 6.67. The topological polar surface area (TPSA) is 142 Å². The second-order valence-corrected chi connectivity index (χ2v) is 8.71. The highest BCUT2D eigenvalue weighted by atomic mass is 16.7. The molecule has 2 N–H and O–H groups in total. The van der Waals surface area contributed by atoms with Crippen LogP contribution in [0.3, 0.4) is 0 Å². The van der Waals surface area contributed by atoms with Crippen molar-refractivity contribution in [2.75, 3.05) is 5.32 Å². The minimum absolute atomic E-state index is 0.315. The Morgan fingerprint density at radius 1 is 1.15 bits per heavy atom. The van der Waals surface area contributed by atoms with Crippen LogP contribution < -0.4 is 10.6 Å². The number of carbonyl (C=O) groups is 3. The summed E-state index contributed by atoms with van der Waals surface area (Å²) in [6, 6.07) is 0.372. The monoisotopic (exact) mass is 461 g/mol. The average molecular weight is 461 g/mol. The largest absolute Gasteiger partial charge is 0.454 e. The van der Waals surface area contributed by atoms with Crippen molar-refractivity contribution in [3.63, 3.8) is 0 Å². The maximum Gasteiger partial charge on any atom is 0.350 e. The van der Waals surface area contributed by atoms with E-state index in [1.807, 2.05) is 0 Å². The number of aliphatic imine (C=N–C) groups is 1. The Balaban J connectivity index is 1.41. The predicted octanol–water partition coefficient (Wildman–Crippen LogP) is 0.944. The number of esters is 3. The number of fused-ring (bicyclic) bond motifs is 2. The molecule has 3 aliphatic heterocycles. The van der Waals surface area contributed by atoms with Crippen molar-refractivity contribution in [1.29, 1.82) is 0 Å². The molecule has 1 aliphatic carbocycles. The quantitative estimate of drug-likeness (QED) is 0.480. The zero-order chi connectivity index (χ0) is 23.1. The minimum Gasteiger partial charge on any atom is -0.454 e. The van der Waals surface area contributed by atoms with E-state index in [0.717, 1.165) is 12.8 Å². The van der Waals surface area contributed by atoms with E-state index in [4.69, 9.17) is 18.9 Å². The van der Waals surface area contributed by atoms with Crippen LogP contribution in [0.2, 0.25) is 0 Å². The lowest BCUT2D eigenvalue weighted by atomic mass is 9.95. The molecule has 1 aromatic heterocycles. The van der Waals surface area contributed by atoms with Gasteiger partial charge in [0.25, 0.3) is 0 Å². The van der Waals surface area contributed by atoms with E-state index in [0.29, 0.717) is 17.6 Å². The molecule has 1 saturated carbocycles. The second-order valence-electron chi connectivity index (χ2n) is 8.71. The Labute approximate surface area is 190 Å². The Morgan fingerprint density at radius 2 is 1.91 bits per heavy atom. The van der Waals surface area contributed by atoms with E-state index in [-0.39, 0.29) is 6.17 Å². The third kappa shape index (κ3) is 4.08. The molecule has 0 amide bonds. The van der Waals surface area contributed by atoms with Crippen molar-refractivity contribution < 1.29 is 33.3 Å². The number of nitrogens with zero attached hydrogens (tertiary/aromatic N) is 3. The van der Waals surface area contributed by atoms with Crippen LogP contribution in [0.5, 0.6) is 0 Å². The summed E-state index contributed by atoms with van der Waals surface area (Å²) in [5.74, 6) is -1.29.